The van der Waals surface area contributed by atoms with Gasteiger partial charge in [0.15, 0.2) is 0 Å². The zero-order chi connectivity index (χ0) is 12.7. The standard InChI is InChI=1S/C12H20I2NO2/c1-4-8-5-11(2,16)7-12(3,6-8)17-9(13)10-14-15-10/h6,9-10,15-16H,4-5,7H2,1-3H3/q-1. The summed E-state index contributed by atoms with van der Waals surface area (Å²) in [7, 11) is 0. The second kappa shape index (κ2) is 5.22. The molecule has 0 aromatic rings. The average Bonchev–Trinajstić information content (AvgIpc) is 2.96. The molecule has 4 atom stereocenters. The Bertz CT molecular complexity index is 328. The van der Waals surface area contributed by atoms with E-state index in [0.717, 1.165) is 12.8 Å². The first-order chi connectivity index (χ1) is 7.84. The molecular formula is C12H20I2NO2-. The van der Waals surface area contributed by atoms with Gasteiger partial charge in [-0.3, -0.25) is 0 Å². The van der Waals surface area contributed by atoms with E-state index in [1.165, 1.54) is 5.57 Å². The van der Waals surface area contributed by atoms with Gasteiger partial charge in [0.25, 0.3) is 0 Å². The molecule has 1 saturated heterocycles. The van der Waals surface area contributed by atoms with Gasteiger partial charge in [-0.1, -0.05) is 0 Å². The van der Waals surface area contributed by atoms with Crippen LogP contribution in [0.1, 0.15) is 40.0 Å². The second-order valence-corrected chi connectivity index (χ2v) is 9.22. The number of halogens is 2. The van der Waals surface area contributed by atoms with E-state index in [1.54, 1.807) is 0 Å². The Hall–Kier alpha value is 1.08. The van der Waals surface area contributed by atoms with Gasteiger partial charge in [0.2, 0.25) is 0 Å². The zero-order valence-corrected chi connectivity index (χ0v) is 14.8. The molecule has 0 aromatic carbocycles. The Labute approximate surface area is 128 Å². The fourth-order valence-electron chi connectivity index (χ4n) is 2.60. The fraction of sp³-hybridized carbons (Fsp3) is 0.833. The van der Waals surface area contributed by atoms with E-state index in [2.05, 4.69) is 46.0 Å². The second-order valence-electron chi connectivity index (χ2n) is 5.41. The molecule has 100 valence electrons. The third kappa shape index (κ3) is 4.02. The van der Waals surface area contributed by atoms with Gasteiger partial charge in [-0.05, 0) is 0 Å². The van der Waals surface area contributed by atoms with E-state index >= 15 is 0 Å². The molecule has 0 radical (unpaired) electrons. The van der Waals surface area contributed by atoms with Crippen LogP contribution in [-0.2, 0) is 4.74 Å². The maximum atomic E-state index is 10.3. The molecular weight excluding hydrogens is 444 g/mol. The number of rotatable bonds is 4. The van der Waals surface area contributed by atoms with Crippen LogP contribution in [0.3, 0.4) is 0 Å². The van der Waals surface area contributed by atoms with Crippen LogP contribution < -0.4 is 25.0 Å². The third-order valence-electron chi connectivity index (χ3n) is 3.15. The first kappa shape index (κ1) is 14.5. The summed E-state index contributed by atoms with van der Waals surface area (Å²) in [4.78, 5) is 0. The molecule has 2 rings (SSSR count). The molecule has 5 heteroatoms. The predicted octanol–water partition coefficient (Wildman–Crippen LogP) is -0.663. The SMILES string of the molecule is CCC1=CC(C)(OC(I)C2N[I-]2)CC(C)(O)C1. The van der Waals surface area contributed by atoms with Crippen molar-refractivity contribution in [2.24, 2.45) is 0 Å². The van der Waals surface area contributed by atoms with Gasteiger partial charge in [-0.2, -0.15) is 0 Å². The molecule has 1 aliphatic heterocycles. The van der Waals surface area contributed by atoms with Crippen LogP contribution in [0.2, 0.25) is 0 Å². The molecule has 2 aliphatic rings. The Balaban J connectivity index is 2.10. The van der Waals surface area contributed by atoms with E-state index in [-0.39, 0.29) is 31.2 Å². The van der Waals surface area contributed by atoms with E-state index in [9.17, 15) is 5.11 Å². The Morgan fingerprint density at radius 2 is 2.35 bits per heavy atom. The van der Waals surface area contributed by atoms with Crippen molar-refractivity contribution >= 4 is 22.6 Å². The zero-order valence-electron chi connectivity index (χ0n) is 10.5. The number of aliphatic hydroxyl groups is 1. The van der Waals surface area contributed by atoms with Crippen LogP contribution >= 0.6 is 22.6 Å². The van der Waals surface area contributed by atoms with E-state index in [1.807, 2.05) is 6.92 Å². The van der Waals surface area contributed by atoms with Crippen LogP contribution in [-0.4, -0.2) is 24.5 Å². The summed E-state index contributed by atoms with van der Waals surface area (Å²) in [5, 5.41) is 10.3. The Kier molecular flexibility index (Phi) is 4.45. The minimum atomic E-state index is -0.628. The monoisotopic (exact) mass is 464 g/mol. The molecule has 1 fully saturated rings. The molecule has 0 saturated carbocycles. The molecule has 0 amide bonds. The molecule has 0 spiro atoms. The topological polar surface area (TPSA) is 51.4 Å². The van der Waals surface area contributed by atoms with Crippen molar-refractivity contribution in [1.82, 2.24) is 3.53 Å². The number of hydrogen-bond donors (Lipinski definition) is 2. The summed E-state index contributed by atoms with van der Waals surface area (Å²) in [6.45, 7) is 6.16. The molecule has 2 N–H and O–H groups in total. The summed E-state index contributed by atoms with van der Waals surface area (Å²) in [5.41, 5.74) is 0.371. The number of ether oxygens (including phenoxy) is 1. The van der Waals surface area contributed by atoms with E-state index < -0.39 is 5.60 Å². The van der Waals surface area contributed by atoms with Crippen molar-refractivity contribution in [3.63, 3.8) is 0 Å². The van der Waals surface area contributed by atoms with Crippen LogP contribution in [0.5, 0.6) is 0 Å². The maximum absolute atomic E-state index is 10.3. The van der Waals surface area contributed by atoms with Gasteiger partial charge >= 0.3 is 128 Å². The third-order valence-corrected chi connectivity index (χ3v) is 7.49. The molecule has 0 aromatic heterocycles. The van der Waals surface area contributed by atoms with Crippen LogP contribution in [0.25, 0.3) is 0 Å². The van der Waals surface area contributed by atoms with E-state index in [4.69, 9.17) is 4.74 Å². The van der Waals surface area contributed by atoms with Crippen molar-refractivity contribution in [3.05, 3.63) is 11.6 Å². The van der Waals surface area contributed by atoms with Crippen molar-refractivity contribution in [1.29, 1.82) is 0 Å². The van der Waals surface area contributed by atoms with Crippen molar-refractivity contribution < 1.29 is 31.3 Å². The summed E-state index contributed by atoms with van der Waals surface area (Å²) in [6, 6.07) is 0. The van der Waals surface area contributed by atoms with Crippen molar-refractivity contribution in [3.8, 4) is 0 Å². The first-order valence-electron chi connectivity index (χ1n) is 5.96. The predicted molar refractivity (Wildman–Crippen MR) is 72.5 cm³/mol. The number of nitrogens with one attached hydrogen (secondary N) is 1. The van der Waals surface area contributed by atoms with E-state index in [0.29, 0.717) is 10.5 Å². The number of hydrogen-bond acceptors (Lipinski definition) is 3. The van der Waals surface area contributed by atoms with Crippen molar-refractivity contribution in [2.75, 3.05) is 0 Å². The molecule has 1 aliphatic carbocycles. The first-order valence-corrected chi connectivity index (χ1v) is 9.53. The molecule has 4 unspecified atom stereocenters. The summed E-state index contributed by atoms with van der Waals surface area (Å²) < 4.78 is 10.4. The number of alkyl halides is 2. The molecule has 17 heavy (non-hydrogen) atoms. The minimum absolute atomic E-state index is 0.177. The molecule has 0 bridgehead atoms. The average molecular weight is 464 g/mol. The Morgan fingerprint density at radius 3 is 2.88 bits per heavy atom. The fourth-order valence-corrected chi connectivity index (χ4v) is 5.92. The summed E-state index contributed by atoms with van der Waals surface area (Å²) in [6.07, 6.45) is 4.70. The normalized spacial score (nSPS) is 43.6. The van der Waals surface area contributed by atoms with Gasteiger partial charge < -0.3 is 0 Å². The molecule has 3 nitrogen and oxygen atoms in total. The van der Waals surface area contributed by atoms with Crippen LogP contribution in [0.4, 0.5) is 0 Å². The van der Waals surface area contributed by atoms with Gasteiger partial charge in [-0.25, -0.2) is 0 Å². The quantitative estimate of drug-likeness (QED) is 0.145. The summed E-state index contributed by atoms with van der Waals surface area (Å²) >= 11 is 2.55. The van der Waals surface area contributed by atoms with Crippen LogP contribution in [0, 0.1) is 0 Å². The van der Waals surface area contributed by atoms with Crippen molar-refractivity contribution in [2.45, 2.75) is 59.4 Å². The Morgan fingerprint density at radius 1 is 1.71 bits per heavy atom. The van der Waals surface area contributed by atoms with Gasteiger partial charge in [0.05, 0.1) is 0 Å². The van der Waals surface area contributed by atoms with Gasteiger partial charge in [0, 0.05) is 0 Å². The summed E-state index contributed by atoms with van der Waals surface area (Å²) in [5.74, 6) is 0. The van der Waals surface area contributed by atoms with Gasteiger partial charge in [0.1, 0.15) is 0 Å². The van der Waals surface area contributed by atoms with Gasteiger partial charge in [-0.15, -0.1) is 0 Å². The van der Waals surface area contributed by atoms with Crippen LogP contribution in [0.15, 0.2) is 11.6 Å². The molecule has 1 heterocycles.